The average molecular weight is 315 g/mol. The van der Waals surface area contributed by atoms with E-state index in [4.69, 9.17) is 16.3 Å². The monoisotopic (exact) mass is 314 g/mol. The van der Waals surface area contributed by atoms with Crippen molar-refractivity contribution in [3.05, 3.63) is 39.3 Å². The van der Waals surface area contributed by atoms with Crippen molar-refractivity contribution in [1.82, 2.24) is 0 Å². The summed E-state index contributed by atoms with van der Waals surface area (Å²) in [7, 11) is 1.47. The minimum atomic E-state index is -0.845. The minimum absolute atomic E-state index is 0.148. The number of benzene rings is 1. The third kappa shape index (κ3) is 3.57. The standard InChI is InChI=1S/C15H19ClO3S/c1-9(15(18)19-2)10-3-4-11(12(16)7-10)8-14-13(17)5-6-20-14/h3-4,7-9,13,15,17-18H,5-6H2,1-2H3/b14-8-. The van der Waals surface area contributed by atoms with Crippen LogP contribution in [-0.4, -0.2) is 35.5 Å². The lowest BCUT2D eigenvalue weighted by Crippen LogP contribution is -2.17. The fourth-order valence-corrected chi connectivity index (χ4v) is 3.47. The number of rotatable bonds is 4. The molecule has 0 aliphatic carbocycles. The van der Waals surface area contributed by atoms with E-state index >= 15 is 0 Å². The largest absolute Gasteiger partial charge is 0.388 e. The van der Waals surface area contributed by atoms with Crippen LogP contribution >= 0.6 is 23.4 Å². The summed E-state index contributed by atoms with van der Waals surface area (Å²) in [5.41, 5.74) is 1.81. The summed E-state index contributed by atoms with van der Waals surface area (Å²) in [5, 5.41) is 20.1. The zero-order valence-electron chi connectivity index (χ0n) is 11.5. The summed E-state index contributed by atoms with van der Waals surface area (Å²) in [6.07, 6.45) is 1.52. The van der Waals surface area contributed by atoms with Gasteiger partial charge < -0.3 is 14.9 Å². The Kier molecular flexibility index (Phi) is 5.52. The number of hydrogen-bond acceptors (Lipinski definition) is 4. The normalized spacial score (nSPS) is 24.1. The van der Waals surface area contributed by atoms with E-state index in [9.17, 15) is 10.2 Å². The van der Waals surface area contributed by atoms with Crippen LogP contribution in [-0.2, 0) is 4.74 Å². The molecule has 5 heteroatoms. The smallest absolute Gasteiger partial charge is 0.160 e. The molecule has 3 unspecified atom stereocenters. The summed E-state index contributed by atoms with van der Waals surface area (Å²) >= 11 is 7.96. The molecule has 2 rings (SSSR count). The fourth-order valence-electron chi connectivity index (χ4n) is 2.13. The number of halogens is 1. The summed E-state index contributed by atoms with van der Waals surface area (Å²) in [6.45, 7) is 1.88. The van der Waals surface area contributed by atoms with Gasteiger partial charge in [-0.05, 0) is 29.7 Å². The van der Waals surface area contributed by atoms with Crippen molar-refractivity contribution >= 4 is 29.4 Å². The molecule has 1 saturated heterocycles. The Morgan fingerprint density at radius 2 is 2.25 bits per heavy atom. The Morgan fingerprint density at radius 3 is 2.80 bits per heavy atom. The van der Waals surface area contributed by atoms with Gasteiger partial charge in [-0.2, -0.15) is 0 Å². The molecular weight excluding hydrogens is 296 g/mol. The van der Waals surface area contributed by atoms with Crippen LogP contribution in [0.3, 0.4) is 0 Å². The van der Waals surface area contributed by atoms with Crippen LogP contribution in [0.15, 0.2) is 23.1 Å². The van der Waals surface area contributed by atoms with E-state index in [0.717, 1.165) is 28.2 Å². The van der Waals surface area contributed by atoms with Crippen molar-refractivity contribution in [3.8, 4) is 0 Å². The number of ether oxygens (including phenoxy) is 1. The first kappa shape index (κ1) is 15.9. The number of methoxy groups -OCH3 is 1. The third-order valence-electron chi connectivity index (χ3n) is 3.51. The number of thioether (sulfide) groups is 1. The van der Waals surface area contributed by atoms with Crippen molar-refractivity contribution in [1.29, 1.82) is 0 Å². The molecule has 1 aliphatic heterocycles. The lowest BCUT2D eigenvalue weighted by molar-refractivity contribution is -0.0878. The van der Waals surface area contributed by atoms with Crippen molar-refractivity contribution in [2.24, 2.45) is 0 Å². The molecule has 1 aromatic carbocycles. The van der Waals surface area contributed by atoms with Crippen LogP contribution < -0.4 is 0 Å². The maximum atomic E-state index is 9.81. The molecule has 1 aromatic rings. The molecule has 0 saturated carbocycles. The second-order valence-electron chi connectivity index (χ2n) is 4.90. The average Bonchev–Trinajstić information content (AvgIpc) is 2.84. The maximum Gasteiger partial charge on any atom is 0.160 e. The van der Waals surface area contributed by atoms with Gasteiger partial charge in [0.15, 0.2) is 6.29 Å². The van der Waals surface area contributed by atoms with Crippen molar-refractivity contribution < 1.29 is 14.9 Å². The first-order valence-corrected chi connectivity index (χ1v) is 7.92. The quantitative estimate of drug-likeness (QED) is 0.838. The Balaban J connectivity index is 2.22. The van der Waals surface area contributed by atoms with Gasteiger partial charge in [-0.3, -0.25) is 0 Å². The van der Waals surface area contributed by atoms with E-state index in [1.165, 1.54) is 7.11 Å². The molecule has 0 amide bonds. The molecule has 20 heavy (non-hydrogen) atoms. The number of hydrogen-bond donors (Lipinski definition) is 2. The fraction of sp³-hybridized carbons (Fsp3) is 0.467. The molecule has 1 fully saturated rings. The highest BCUT2D eigenvalue weighted by Crippen LogP contribution is 2.34. The predicted octanol–water partition coefficient (Wildman–Crippen LogP) is 3.25. The zero-order chi connectivity index (χ0) is 14.7. The van der Waals surface area contributed by atoms with Gasteiger partial charge in [-0.1, -0.05) is 30.7 Å². The highest BCUT2D eigenvalue weighted by atomic mass is 35.5. The van der Waals surface area contributed by atoms with E-state index < -0.39 is 6.29 Å². The molecule has 1 heterocycles. The second kappa shape index (κ2) is 6.96. The SMILES string of the molecule is COC(O)C(C)c1ccc(/C=C2\SCCC2O)c(Cl)c1. The molecule has 110 valence electrons. The molecule has 2 N–H and O–H groups in total. The van der Waals surface area contributed by atoms with E-state index in [-0.39, 0.29) is 12.0 Å². The Hall–Kier alpha value is -0.520. The number of aliphatic hydroxyl groups is 2. The molecule has 1 aliphatic rings. The van der Waals surface area contributed by atoms with E-state index in [1.807, 2.05) is 31.2 Å². The Bertz CT molecular complexity index is 504. The van der Waals surface area contributed by atoms with Gasteiger partial charge in [0, 0.05) is 28.7 Å². The van der Waals surface area contributed by atoms with E-state index in [0.29, 0.717) is 5.02 Å². The molecule has 3 nitrogen and oxygen atoms in total. The third-order valence-corrected chi connectivity index (χ3v) is 5.00. The first-order valence-electron chi connectivity index (χ1n) is 6.55. The van der Waals surface area contributed by atoms with Gasteiger partial charge in [0.05, 0.1) is 6.10 Å². The van der Waals surface area contributed by atoms with Crippen LogP contribution in [0.2, 0.25) is 5.02 Å². The van der Waals surface area contributed by atoms with Gasteiger partial charge in [0.1, 0.15) is 0 Å². The molecule has 0 spiro atoms. The zero-order valence-corrected chi connectivity index (χ0v) is 13.1. The molecule has 0 radical (unpaired) electrons. The van der Waals surface area contributed by atoms with Crippen molar-refractivity contribution in [2.45, 2.75) is 31.7 Å². The van der Waals surface area contributed by atoms with Crippen LogP contribution in [0.25, 0.3) is 6.08 Å². The lowest BCUT2D eigenvalue weighted by atomic mass is 9.99. The predicted molar refractivity (Wildman–Crippen MR) is 83.9 cm³/mol. The van der Waals surface area contributed by atoms with Gasteiger partial charge in [-0.25, -0.2) is 0 Å². The highest BCUT2D eigenvalue weighted by molar-refractivity contribution is 8.03. The van der Waals surface area contributed by atoms with Crippen molar-refractivity contribution in [2.75, 3.05) is 12.9 Å². The second-order valence-corrected chi connectivity index (χ2v) is 6.47. The molecule has 0 bridgehead atoms. The van der Waals surface area contributed by atoms with Gasteiger partial charge in [-0.15, -0.1) is 11.8 Å². The first-order chi connectivity index (χ1) is 9.52. The topological polar surface area (TPSA) is 49.7 Å². The Labute approximate surface area is 128 Å². The van der Waals surface area contributed by atoms with Crippen molar-refractivity contribution in [3.63, 3.8) is 0 Å². The minimum Gasteiger partial charge on any atom is -0.388 e. The van der Waals surface area contributed by atoms with Crippen LogP contribution in [0.4, 0.5) is 0 Å². The molecular formula is C15H19ClO3S. The van der Waals surface area contributed by atoms with E-state index in [2.05, 4.69) is 0 Å². The van der Waals surface area contributed by atoms with Gasteiger partial charge >= 0.3 is 0 Å². The molecule has 3 atom stereocenters. The maximum absolute atomic E-state index is 9.81. The van der Waals surface area contributed by atoms with Gasteiger partial charge in [0.25, 0.3) is 0 Å². The van der Waals surface area contributed by atoms with Crippen LogP contribution in [0.1, 0.15) is 30.4 Å². The van der Waals surface area contributed by atoms with E-state index in [1.54, 1.807) is 11.8 Å². The summed E-state index contributed by atoms with van der Waals surface area (Å²) in [5.74, 6) is 0.797. The Morgan fingerprint density at radius 1 is 1.50 bits per heavy atom. The molecule has 0 aromatic heterocycles. The summed E-state index contributed by atoms with van der Waals surface area (Å²) in [6, 6.07) is 5.68. The highest BCUT2D eigenvalue weighted by Gasteiger charge is 2.20. The lowest BCUT2D eigenvalue weighted by Gasteiger charge is -2.18. The van der Waals surface area contributed by atoms with Crippen LogP contribution in [0.5, 0.6) is 0 Å². The summed E-state index contributed by atoms with van der Waals surface area (Å²) in [4.78, 5) is 0.963. The number of aliphatic hydroxyl groups excluding tert-OH is 2. The van der Waals surface area contributed by atoms with Gasteiger partial charge in [0.2, 0.25) is 0 Å². The summed E-state index contributed by atoms with van der Waals surface area (Å²) < 4.78 is 4.92. The van der Waals surface area contributed by atoms with Crippen LogP contribution in [0, 0.1) is 0 Å².